The van der Waals surface area contributed by atoms with Gasteiger partial charge < -0.3 is 30.6 Å². The van der Waals surface area contributed by atoms with Gasteiger partial charge in [0.15, 0.2) is 28.6 Å². The fourth-order valence-electron chi connectivity index (χ4n) is 3.11. The normalized spacial score (nSPS) is 24.5. The number of Topliss-reactive ketones (excluding diaryl/α,β-unsaturated/α-hetero) is 3. The van der Waals surface area contributed by atoms with E-state index >= 15 is 0 Å². The van der Waals surface area contributed by atoms with E-state index in [1.54, 1.807) is 0 Å². The van der Waals surface area contributed by atoms with Crippen LogP contribution in [-0.2, 0) is 14.4 Å². The molecule has 0 aromatic carbocycles. The fraction of sp³-hybridized carbons (Fsp3) is 0.800. The Morgan fingerprint density at radius 3 is 1.42 bits per heavy atom. The minimum absolute atomic E-state index is 0.643. The van der Waals surface area contributed by atoms with E-state index in [1.807, 2.05) is 0 Å². The Kier molecular flexibility index (Phi) is 6.25. The average molecular weight is 350 g/mol. The van der Waals surface area contributed by atoms with E-state index in [-0.39, 0.29) is 0 Å². The molecule has 0 saturated heterocycles. The summed E-state index contributed by atoms with van der Waals surface area (Å²) in [4.78, 5) is 35.3. The second-order valence-corrected chi connectivity index (χ2v) is 6.50. The quantitative estimate of drug-likeness (QED) is 0.276. The Morgan fingerprint density at radius 2 is 1.21 bits per heavy atom. The number of carbonyl (C=O) groups excluding carboxylic acids is 3. The SMILES string of the molecule is CC(=O)C(O)C(C)(O)C(O)(C(C)=O)C(C)(O)C(O)(C(C)=O)C(C)O. The van der Waals surface area contributed by atoms with Crippen LogP contribution in [0.15, 0.2) is 0 Å². The number of aliphatic hydroxyl groups excluding tert-OH is 2. The van der Waals surface area contributed by atoms with E-state index in [4.69, 9.17) is 0 Å². The zero-order chi connectivity index (χ0) is 19.9. The zero-order valence-electron chi connectivity index (χ0n) is 14.6. The molecule has 0 aromatic heterocycles. The van der Waals surface area contributed by atoms with Crippen molar-refractivity contribution in [3.8, 4) is 0 Å². The number of rotatable bonds is 8. The van der Waals surface area contributed by atoms with Crippen LogP contribution < -0.4 is 0 Å². The zero-order valence-corrected chi connectivity index (χ0v) is 14.6. The molecule has 6 N–H and O–H groups in total. The van der Waals surface area contributed by atoms with Gasteiger partial charge in [-0.3, -0.25) is 14.4 Å². The van der Waals surface area contributed by atoms with Crippen molar-refractivity contribution >= 4 is 17.3 Å². The predicted octanol–water partition coefficient (Wildman–Crippen LogP) is -2.54. The highest BCUT2D eigenvalue weighted by Gasteiger charge is 2.72. The lowest BCUT2D eigenvalue weighted by atomic mass is 9.59. The second kappa shape index (κ2) is 6.58. The first-order valence-corrected chi connectivity index (χ1v) is 7.22. The molecule has 0 bridgehead atoms. The molecule has 6 atom stereocenters. The Hall–Kier alpha value is -1.23. The molecular weight excluding hydrogens is 324 g/mol. The number of aliphatic hydroxyl groups is 6. The van der Waals surface area contributed by atoms with Crippen LogP contribution in [0.3, 0.4) is 0 Å². The summed E-state index contributed by atoms with van der Waals surface area (Å²) in [5.41, 5.74) is -12.6. The first-order chi connectivity index (χ1) is 10.4. The van der Waals surface area contributed by atoms with E-state index in [9.17, 15) is 45.0 Å². The van der Waals surface area contributed by atoms with Crippen LogP contribution >= 0.6 is 0 Å². The van der Waals surface area contributed by atoms with Crippen LogP contribution in [0.25, 0.3) is 0 Å². The monoisotopic (exact) mass is 350 g/mol. The highest BCUT2D eigenvalue weighted by molar-refractivity contribution is 5.94. The first kappa shape index (κ1) is 22.8. The molecule has 0 fully saturated rings. The van der Waals surface area contributed by atoms with Gasteiger partial charge in [-0.25, -0.2) is 0 Å². The van der Waals surface area contributed by atoms with E-state index in [2.05, 4.69) is 0 Å². The summed E-state index contributed by atoms with van der Waals surface area (Å²) < 4.78 is 0. The van der Waals surface area contributed by atoms with E-state index in [0.29, 0.717) is 13.8 Å². The lowest BCUT2D eigenvalue weighted by molar-refractivity contribution is -0.295. The highest BCUT2D eigenvalue weighted by Crippen LogP contribution is 2.44. The van der Waals surface area contributed by atoms with Crippen molar-refractivity contribution in [1.29, 1.82) is 0 Å². The Balaban J connectivity index is 6.79. The van der Waals surface area contributed by atoms with Gasteiger partial charge in [-0.2, -0.15) is 0 Å². The van der Waals surface area contributed by atoms with Crippen molar-refractivity contribution in [3.05, 3.63) is 0 Å². The maximum Gasteiger partial charge on any atom is 0.185 e. The lowest BCUT2D eigenvalue weighted by Crippen LogP contribution is -2.82. The van der Waals surface area contributed by atoms with Crippen molar-refractivity contribution in [1.82, 2.24) is 0 Å². The minimum atomic E-state index is -3.39. The summed E-state index contributed by atoms with van der Waals surface area (Å²) in [5, 5.41) is 62.2. The molecule has 9 nitrogen and oxygen atoms in total. The highest BCUT2D eigenvalue weighted by atomic mass is 16.4. The van der Waals surface area contributed by atoms with Crippen molar-refractivity contribution in [2.75, 3.05) is 0 Å². The standard InChI is InChI=1S/C15H26O9/c1-7(16)11(20)12(5,21)15(24,10(4)19)13(6,22)14(23,8(2)17)9(3)18/h8,11,17,20-24H,1-6H3. The molecule has 0 aliphatic heterocycles. The van der Waals surface area contributed by atoms with Crippen LogP contribution in [0.4, 0.5) is 0 Å². The predicted molar refractivity (Wildman–Crippen MR) is 80.9 cm³/mol. The molecule has 0 saturated carbocycles. The van der Waals surface area contributed by atoms with Crippen LogP contribution in [0.5, 0.6) is 0 Å². The van der Waals surface area contributed by atoms with Crippen molar-refractivity contribution in [3.63, 3.8) is 0 Å². The van der Waals surface area contributed by atoms with Gasteiger partial charge in [-0.15, -0.1) is 0 Å². The Morgan fingerprint density at radius 1 is 0.833 bits per heavy atom. The van der Waals surface area contributed by atoms with Crippen molar-refractivity contribution in [2.24, 2.45) is 0 Å². The maximum absolute atomic E-state index is 12.1. The Bertz CT molecular complexity index is 537. The van der Waals surface area contributed by atoms with Crippen molar-refractivity contribution in [2.45, 2.75) is 76.2 Å². The third-order valence-electron chi connectivity index (χ3n) is 4.75. The molecule has 140 valence electrons. The van der Waals surface area contributed by atoms with Gasteiger partial charge in [-0.05, 0) is 41.5 Å². The van der Waals surface area contributed by atoms with Crippen LogP contribution in [-0.4, -0.2) is 82.6 Å². The Labute approximate surface area is 139 Å². The van der Waals surface area contributed by atoms with Crippen LogP contribution in [0, 0.1) is 0 Å². The summed E-state index contributed by atoms with van der Waals surface area (Å²) in [6, 6.07) is 0. The summed E-state index contributed by atoms with van der Waals surface area (Å²) in [6.07, 6.45) is -4.30. The summed E-state index contributed by atoms with van der Waals surface area (Å²) in [6.45, 7) is 4.63. The van der Waals surface area contributed by atoms with Gasteiger partial charge in [0.25, 0.3) is 0 Å². The number of hydrogen-bond donors (Lipinski definition) is 6. The smallest absolute Gasteiger partial charge is 0.185 e. The van der Waals surface area contributed by atoms with E-state index in [0.717, 1.165) is 27.7 Å². The molecule has 24 heavy (non-hydrogen) atoms. The molecule has 0 aromatic rings. The number of carbonyl (C=O) groups is 3. The molecule has 0 aliphatic rings. The van der Waals surface area contributed by atoms with E-state index in [1.165, 1.54) is 0 Å². The van der Waals surface area contributed by atoms with Crippen LogP contribution in [0.2, 0.25) is 0 Å². The lowest BCUT2D eigenvalue weighted by Gasteiger charge is -2.54. The molecule has 0 heterocycles. The molecule has 0 rings (SSSR count). The van der Waals surface area contributed by atoms with Gasteiger partial charge in [0, 0.05) is 0 Å². The van der Waals surface area contributed by atoms with Gasteiger partial charge in [0.05, 0.1) is 6.10 Å². The molecule has 0 radical (unpaired) electrons. The molecule has 0 aliphatic carbocycles. The fourth-order valence-corrected chi connectivity index (χ4v) is 3.11. The van der Waals surface area contributed by atoms with Crippen LogP contribution in [0.1, 0.15) is 41.5 Å². The maximum atomic E-state index is 12.1. The third kappa shape index (κ3) is 2.81. The van der Waals surface area contributed by atoms with E-state index < -0.39 is 52.0 Å². The van der Waals surface area contributed by atoms with Gasteiger partial charge in [0.1, 0.15) is 17.3 Å². The largest absolute Gasteiger partial charge is 0.390 e. The number of ketones is 3. The molecule has 0 amide bonds. The average Bonchev–Trinajstić information content (AvgIpc) is 2.42. The first-order valence-electron chi connectivity index (χ1n) is 7.22. The minimum Gasteiger partial charge on any atom is -0.390 e. The van der Waals surface area contributed by atoms with Gasteiger partial charge in [-0.1, -0.05) is 0 Å². The van der Waals surface area contributed by atoms with Gasteiger partial charge in [0.2, 0.25) is 0 Å². The summed E-state index contributed by atoms with van der Waals surface area (Å²) in [5.74, 6) is -3.60. The molecule has 9 heteroatoms. The number of hydrogen-bond acceptors (Lipinski definition) is 9. The summed E-state index contributed by atoms with van der Waals surface area (Å²) >= 11 is 0. The topological polar surface area (TPSA) is 173 Å². The third-order valence-corrected chi connectivity index (χ3v) is 4.75. The van der Waals surface area contributed by atoms with Gasteiger partial charge >= 0.3 is 0 Å². The molecular formula is C15H26O9. The molecule has 0 spiro atoms. The van der Waals surface area contributed by atoms with Crippen molar-refractivity contribution < 1.29 is 45.0 Å². The second-order valence-electron chi connectivity index (χ2n) is 6.50. The summed E-state index contributed by atoms with van der Waals surface area (Å²) in [7, 11) is 0. The molecule has 6 unspecified atom stereocenters.